The minimum absolute atomic E-state index is 0.00892. The number of carbonyl (C=O) groups excluding carboxylic acids is 1. The highest BCUT2D eigenvalue weighted by atomic mass is 32.1. The first-order valence-corrected chi connectivity index (χ1v) is 14.9. The van der Waals surface area contributed by atoms with Crippen molar-refractivity contribution >= 4 is 28.3 Å². The average molecular weight is 496 g/mol. The molecule has 3 rings (SSSR count). The van der Waals surface area contributed by atoms with Crippen LogP contribution < -0.4 is 5.32 Å². The van der Waals surface area contributed by atoms with Crippen LogP contribution in [-0.4, -0.2) is 22.0 Å². The van der Waals surface area contributed by atoms with Crippen molar-refractivity contribution < 1.29 is 4.79 Å². The molecule has 0 bridgehead atoms. The SMILES string of the molecule is CCCCCCCCCCCCCCCCn1c(CCNC(=O)c2cccs2)nc2ccccc21. The number of amides is 1. The van der Waals surface area contributed by atoms with Crippen LogP contribution in [0.3, 0.4) is 0 Å². The number of carbonyl (C=O) groups is 1. The van der Waals surface area contributed by atoms with Crippen molar-refractivity contribution in [1.29, 1.82) is 0 Å². The molecular formula is C30H45N3OS. The molecule has 0 radical (unpaired) electrons. The van der Waals surface area contributed by atoms with Gasteiger partial charge in [-0.2, -0.15) is 0 Å². The Morgan fingerprint density at radius 3 is 2.09 bits per heavy atom. The maximum absolute atomic E-state index is 12.2. The average Bonchev–Trinajstić information content (AvgIpc) is 3.53. The molecule has 35 heavy (non-hydrogen) atoms. The van der Waals surface area contributed by atoms with Gasteiger partial charge < -0.3 is 9.88 Å². The van der Waals surface area contributed by atoms with Gasteiger partial charge in [0.05, 0.1) is 15.9 Å². The van der Waals surface area contributed by atoms with Crippen LogP contribution >= 0.6 is 11.3 Å². The minimum Gasteiger partial charge on any atom is -0.351 e. The zero-order valence-electron chi connectivity index (χ0n) is 21.8. The Bertz CT molecular complexity index is 963. The summed E-state index contributed by atoms with van der Waals surface area (Å²) in [6.07, 6.45) is 20.0. The van der Waals surface area contributed by atoms with Gasteiger partial charge >= 0.3 is 0 Å². The lowest BCUT2D eigenvalue weighted by Gasteiger charge is -2.10. The van der Waals surface area contributed by atoms with E-state index in [1.165, 1.54) is 107 Å². The third-order valence-electron chi connectivity index (χ3n) is 6.85. The topological polar surface area (TPSA) is 46.9 Å². The zero-order valence-corrected chi connectivity index (χ0v) is 22.6. The number of hydrogen-bond donors (Lipinski definition) is 1. The molecule has 0 aliphatic rings. The normalized spacial score (nSPS) is 11.3. The highest BCUT2D eigenvalue weighted by Crippen LogP contribution is 2.19. The molecule has 1 amide bonds. The fraction of sp³-hybridized carbons (Fsp3) is 0.600. The minimum atomic E-state index is 0.00892. The van der Waals surface area contributed by atoms with E-state index in [1.807, 2.05) is 17.5 Å². The van der Waals surface area contributed by atoms with Gasteiger partial charge in [0, 0.05) is 19.5 Å². The Morgan fingerprint density at radius 1 is 0.829 bits per heavy atom. The largest absolute Gasteiger partial charge is 0.351 e. The predicted octanol–water partition coefficient (Wildman–Crippen LogP) is 8.55. The molecule has 4 nitrogen and oxygen atoms in total. The molecule has 0 spiro atoms. The number of aromatic nitrogens is 2. The van der Waals surface area contributed by atoms with Crippen LogP contribution in [0.25, 0.3) is 11.0 Å². The van der Waals surface area contributed by atoms with E-state index in [2.05, 4.69) is 41.1 Å². The highest BCUT2D eigenvalue weighted by Gasteiger charge is 2.11. The number of aryl methyl sites for hydroxylation is 1. The van der Waals surface area contributed by atoms with Crippen LogP contribution in [0, 0.1) is 0 Å². The fourth-order valence-corrected chi connectivity index (χ4v) is 5.45. The van der Waals surface area contributed by atoms with Gasteiger partial charge in [0.1, 0.15) is 5.82 Å². The Labute approximate surface area is 216 Å². The van der Waals surface area contributed by atoms with Crippen LogP contribution in [0.1, 0.15) is 112 Å². The number of rotatable bonds is 19. The molecule has 192 valence electrons. The maximum atomic E-state index is 12.2. The second-order valence-electron chi connectivity index (χ2n) is 9.75. The highest BCUT2D eigenvalue weighted by molar-refractivity contribution is 7.12. The van der Waals surface area contributed by atoms with Gasteiger partial charge in [-0.15, -0.1) is 11.3 Å². The van der Waals surface area contributed by atoms with E-state index in [-0.39, 0.29) is 5.91 Å². The number of nitrogens with one attached hydrogen (secondary N) is 1. The molecule has 1 aromatic carbocycles. The molecule has 0 unspecified atom stereocenters. The second-order valence-corrected chi connectivity index (χ2v) is 10.7. The second kappa shape index (κ2) is 16.5. The monoisotopic (exact) mass is 495 g/mol. The summed E-state index contributed by atoms with van der Waals surface area (Å²) in [6, 6.07) is 12.2. The number of unbranched alkanes of at least 4 members (excludes halogenated alkanes) is 13. The summed E-state index contributed by atoms with van der Waals surface area (Å²) in [5.41, 5.74) is 2.26. The molecular weight excluding hydrogens is 450 g/mol. The molecule has 0 aliphatic carbocycles. The van der Waals surface area contributed by atoms with Gasteiger partial charge in [-0.1, -0.05) is 109 Å². The Hall–Kier alpha value is -2.14. The molecule has 2 heterocycles. The third kappa shape index (κ3) is 9.79. The molecule has 0 atom stereocenters. The Kier molecular flexibility index (Phi) is 13.0. The lowest BCUT2D eigenvalue weighted by molar-refractivity contribution is 0.0958. The van der Waals surface area contributed by atoms with Gasteiger partial charge in [0.25, 0.3) is 5.91 Å². The summed E-state index contributed by atoms with van der Waals surface area (Å²) in [5.74, 6) is 1.09. The number of benzene rings is 1. The summed E-state index contributed by atoms with van der Waals surface area (Å²) >= 11 is 1.48. The van der Waals surface area contributed by atoms with Crippen molar-refractivity contribution in [2.24, 2.45) is 0 Å². The van der Waals surface area contributed by atoms with Crippen LogP contribution in [-0.2, 0) is 13.0 Å². The Balaban J connectivity index is 1.31. The summed E-state index contributed by atoms with van der Waals surface area (Å²) < 4.78 is 2.37. The summed E-state index contributed by atoms with van der Waals surface area (Å²) in [6.45, 7) is 3.90. The molecule has 0 saturated heterocycles. The smallest absolute Gasteiger partial charge is 0.261 e. The van der Waals surface area contributed by atoms with Gasteiger partial charge in [0.15, 0.2) is 0 Å². The summed E-state index contributed by atoms with van der Waals surface area (Å²) in [7, 11) is 0. The number of nitrogens with zero attached hydrogens (tertiary/aromatic N) is 2. The van der Waals surface area contributed by atoms with E-state index in [0.717, 1.165) is 29.2 Å². The molecule has 0 fully saturated rings. The number of hydrogen-bond acceptors (Lipinski definition) is 3. The Morgan fingerprint density at radius 2 is 1.46 bits per heavy atom. The van der Waals surface area contributed by atoms with Crippen LogP contribution in [0.2, 0.25) is 0 Å². The lowest BCUT2D eigenvalue weighted by atomic mass is 10.0. The van der Waals surface area contributed by atoms with E-state index in [1.54, 1.807) is 0 Å². The summed E-state index contributed by atoms with van der Waals surface area (Å²) in [5, 5.41) is 4.98. The standard InChI is InChI=1S/C30H45N3OS/c1-2-3-4-5-6-7-8-9-10-11-12-13-14-17-24-33-27-20-16-15-19-26(27)32-29(33)22-23-31-30(34)28-21-18-25-35-28/h15-16,18-21,25H,2-14,17,22-24H2,1H3,(H,31,34). The number of thiophene rings is 1. The van der Waals surface area contributed by atoms with Crippen molar-refractivity contribution in [3.05, 3.63) is 52.5 Å². The van der Waals surface area contributed by atoms with Crippen LogP contribution in [0.4, 0.5) is 0 Å². The molecule has 1 N–H and O–H groups in total. The first-order chi connectivity index (χ1) is 17.3. The number of para-hydroxylation sites is 2. The first kappa shape index (κ1) is 27.4. The maximum Gasteiger partial charge on any atom is 0.261 e. The van der Waals surface area contributed by atoms with Crippen molar-refractivity contribution in [3.8, 4) is 0 Å². The molecule has 0 aliphatic heterocycles. The van der Waals surface area contributed by atoms with Gasteiger partial charge in [0.2, 0.25) is 0 Å². The molecule has 0 saturated carbocycles. The molecule has 3 aromatic rings. The van der Waals surface area contributed by atoms with E-state index in [0.29, 0.717) is 6.54 Å². The van der Waals surface area contributed by atoms with E-state index in [4.69, 9.17) is 4.98 Å². The van der Waals surface area contributed by atoms with Crippen molar-refractivity contribution in [1.82, 2.24) is 14.9 Å². The van der Waals surface area contributed by atoms with Gasteiger partial charge in [-0.05, 0) is 30.0 Å². The lowest BCUT2D eigenvalue weighted by Crippen LogP contribution is -2.25. The van der Waals surface area contributed by atoms with E-state index >= 15 is 0 Å². The zero-order chi connectivity index (χ0) is 24.6. The van der Waals surface area contributed by atoms with E-state index < -0.39 is 0 Å². The quantitative estimate of drug-likeness (QED) is 0.169. The van der Waals surface area contributed by atoms with Crippen molar-refractivity contribution in [2.45, 2.75) is 110 Å². The predicted molar refractivity (Wildman–Crippen MR) is 150 cm³/mol. The molecule has 2 aromatic heterocycles. The first-order valence-electron chi connectivity index (χ1n) is 14.1. The number of fused-ring (bicyclic) bond motifs is 1. The van der Waals surface area contributed by atoms with E-state index in [9.17, 15) is 4.79 Å². The van der Waals surface area contributed by atoms with Crippen molar-refractivity contribution in [2.75, 3.05) is 6.54 Å². The van der Waals surface area contributed by atoms with Gasteiger partial charge in [-0.3, -0.25) is 4.79 Å². The summed E-state index contributed by atoms with van der Waals surface area (Å²) in [4.78, 5) is 17.9. The van der Waals surface area contributed by atoms with Crippen LogP contribution in [0.15, 0.2) is 41.8 Å². The third-order valence-corrected chi connectivity index (χ3v) is 7.72. The fourth-order valence-electron chi connectivity index (χ4n) is 4.81. The number of imidazole rings is 1. The van der Waals surface area contributed by atoms with Crippen molar-refractivity contribution in [3.63, 3.8) is 0 Å². The van der Waals surface area contributed by atoms with Gasteiger partial charge in [-0.25, -0.2) is 4.98 Å². The molecule has 5 heteroatoms. The van der Waals surface area contributed by atoms with Crippen LogP contribution in [0.5, 0.6) is 0 Å².